The quantitative estimate of drug-likeness (QED) is 0.741. The van der Waals surface area contributed by atoms with E-state index in [2.05, 4.69) is 10.2 Å². The molecule has 0 aromatic heterocycles. The average Bonchev–Trinajstić information content (AvgIpc) is 3.41. The summed E-state index contributed by atoms with van der Waals surface area (Å²) in [5.41, 5.74) is -0.0133. The fraction of sp³-hybridized carbons (Fsp3) is 0.682. The summed E-state index contributed by atoms with van der Waals surface area (Å²) in [5.74, 6) is 0.594. The lowest BCUT2D eigenvalue weighted by molar-refractivity contribution is -0.136. The SMILES string of the molecule is CNC(=O)C(Oc1ccc(Cl)c(Cl)c1)C1CCC2(CCCO2)CC1N1CCCC1. The van der Waals surface area contributed by atoms with Gasteiger partial charge in [-0.25, -0.2) is 0 Å². The van der Waals surface area contributed by atoms with Crippen LogP contribution in [0.4, 0.5) is 0 Å². The Labute approximate surface area is 183 Å². The first-order chi connectivity index (χ1) is 14.0. The van der Waals surface area contributed by atoms with E-state index in [4.69, 9.17) is 32.7 Å². The molecule has 1 N–H and O–H groups in total. The summed E-state index contributed by atoms with van der Waals surface area (Å²) in [6, 6.07) is 5.46. The number of nitrogens with one attached hydrogen (secondary N) is 1. The normalized spacial score (nSPS) is 31.1. The van der Waals surface area contributed by atoms with E-state index in [1.165, 1.54) is 12.8 Å². The molecule has 2 heterocycles. The van der Waals surface area contributed by atoms with Crippen molar-refractivity contribution in [1.82, 2.24) is 10.2 Å². The van der Waals surface area contributed by atoms with Gasteiger partial charge in [-0.05, 0) is 70.2 Å². The van der Waals surface area contributed by atoms with Gasteiger partial charge in [0.15, 0.2) is 6.10 Å². The molecule has 1 aromatic carbocycles. The first-order valence-corrected chi connectivity index (χ1v) is 11.5. The van der Waals surface area contributed by atoms with E-state index >= 15 is 0 Å². The smallest absolute Gasteiger partial charge is 0.261 e. The van der Waals surface area contributed by atoms with Gasteiger partial charge in [-0.3, -0.25) is 9.69 Å². The zero-order chi connectivity index (χ0) is 20.4. The van der Waals surface area contributed by atoms with Crippen LogP contribution in [0.3, 0.4) is 0 Å². The number of carbonyl (C=O) groups excluding carboxylic acids is 1. The molecule has 4 unspecified atom stereocenters. The Morgan fingerprint density at radius 2 is 2.03 bits per heavy atom. The Bertz CT molecular complexity index is 733. The zero-order valence-electron chi connectivity index (χ0n) is 17.0. The van der Waals surface area contributed by atoms with E-state index in [9.17, 15) is 4.79 Å². The zero-order valence-corrected chi connectivity index (χ0v) is 18.5. The molecule has 0 radical (unpaired) electrons. The maximum atomic E-state index is 12.9. The number of nitrogens with zero attached hydrogens (tertiary/aromatic N) is 1. The van der Waals surface area contributed by atoms with Gasteiger partial charge >= 0.3 is 0 Å². The molecular formula is C22H30Cl2N2O3. The number of likely N-dealkylation sites (tertiary alicyclic amines) is 1. The van der Waals surface area contributed by atoms with Gasteiger partial charge in [-0.15, -0.1) is 0 Å². The van der Waals surface area contributed by atoms with Gasteiger partial charge in [0.1, 0.15) is 5.75 Å². The molecule has 3 aliphatic rings. The maximum absolute atomic E-state index is 12.9. The molecule has 4 rings (SSSR count). The van der Waals surface area contributed by atoms with E-state index in [1.54, 1.807) is 25.2 Å². The Balaban J connectivity index is 1.60. The fourth-order valence-electron chi connectivity index (χ4n) is 5.37. The number of amides is 1. The van der Waals surface area contributed by atoms with Crippen molar-refractivity contribution in [3.63, 3.8) is 0 Å². The highest BCUT2D eigenvalue weighted by atomic mass is 35.5. The number of rotatable bonds is 5. The lowest BCUT2D eigenvalue weighted by Crippen LogP contribution is -2.56. The first kappa shape index (κ1) is 21.2. The molecule has 1 aliphatic carbocycles. The van der Waals surface area contributed by atoms with Crippen LogP contribution in [0, 0.1) is 5.92 Å². The van der Waals surface area contributed by atoms with Crippen molar-refractivity contribution in [2.75, 3.05) is 26.7 Å². The lowest BCUT2D eigenvalue weighted by Gasteiger charge is -2.47. The summed E-state index contributed by atoms with van der Waals surface area (Å²) in [7, 11) is 1.67. The molecule has 1 aromatic rings. The molecular weight excluding hydrogens is 411 g/mol. The van der Waals surface area contributed by atoms with Gasteiger partial charge in [-0.1, -0.05) is 23.2 Å². The molecule has 2 aliphatic heterocycles. The van der Waals surface area contributed by atoms with Crippen molar-refractivity contribution >= 4 is 29.1 Å². The predicted molar refractivity (Wildman–Crippen MR) is 115 cm³/mol. The second-order valence-corrected chi connectivity index (χ2v) is 9.40. The molecule has 0 bridgehead atoms. The van der Waals surface area contributed by atoms with Gasteiger partial charge in [0, 0.05) is 31.7 Å². The van der Waals surface area contributed by atoms with Gasteiger partial charge in [0.05, 0.1) is 15.6 Å². The summed E-state index contributed by atoms with van der Waals surface area (Å²) in [4.78, 5) is 15.5. The Kier molecular flexibility index (Phi) is 6.59. The van der Waals surface area contributed by atoms with Crippen LogP contribution < -0.4 is 10.1 Å². The van der Waals surface area contributed by atoms with Crippen molar-refractivity contribution < 1.29 is 14.3 Å². The third-order valence-electron chi connectivity index (χ3n) is 6.85. The van der Waals surface area contributed by atoms with Crippen LogP contribution in [-0.4, -0.2) is 55.3 Å². The molecule has 2 saturated heterocycles. The minimum Gasteiger partial charge on any atom is -0.480 e. The Hall–Kier alpha value is -1.01. The summed E-state index contributed by atoms with van der Waals surface area (Å²) in [6.45, 7) is 3.03. The third-order valence-corrected chi connectivity index (χ3v) is 7.59. The van der Waals surface area contributed by atoms with Crippen molar-refractivity contribution in [1.29, 1.82) is 0 Å². The summed E-state index contributed by atoms with van der Waals surface area (Å²) >= 11 is 12.2. The van der Waals surface area contributed by atoms with Crippen LogP contribution in [0.1, 0.15) is 44.9 Å². The van der Waals surface area contributed by atoms with Crippen molar-refractivity contribution in [3.05, 3.63) is 28.2 Å². The Morgan fingerprint density at radius 1 is 1.24 bits per heavy atom. The van der Waals surface area contributed by atoms with Gasteiger partial charge in [0.2, 0.25) is 0 Å². The number of benzene rings is 1. The van der Waals surface area contributed by atoms with Crippen molar-refractivity contribution in [3.8, 4) is 5.75 Å². The first-order valence-electron chi connectivity index (χ1n) is 10.7. The van der Waals surface area contributed by atoms with E-state index < -0.39 is 6.10 Å². The maximum Gasteiger partial charge on any atom is 0.261 e. The predicted octanol–water partition coefficient (Wildman–Crippen LogP) is 4.30. The number of hydrogen-bond acceptors (Lipinski definition) is 4. The van der Waals surface area contributed by atoms with Crippen molar-refractivity contribution in [2.45, 2.75) is 62.7 Å². The molecule has 7 heteroatoms. The minimum atomic E-state index is -0.568. The summed E-state index contributed by atoms with van der Waals surface area (Å²) < 4.78 is 12.5. The largest absolute Gasteiger partial charge is 0.480 e. The molecule has 1 spiro atoms. The molecule has 5 nitrogen and oxygen atoms in total. The molecule has 1 amide bonds. The molecule has 29 heavy (non-hydrogen) atoms. The monoisotopic (exact) mass is 440 g/mol. The second kappa shape index (κ2) is 9.01. The van der Waals surface area contributed by atoms with E-state index in [0.717, 1.165) is 51.8 Å². The minimum absolute atomic E-state index is 0.0133. The van der Waals surface area contributed by atoms with Gasteiger partial charge in [0.25, 0.3) is 5.91 Å². The highest BCUT2D eigenvalue weighted by Crippen LogP contribution is 2.45. The highest BCUT2D eigenvalue weighted by molar-refractivity contribution is 6.42. The number of hydrogen-bond donors (Lipinski definition) is 1. The fourth-order valence-corrected chi connectivity index (χ4v) is 5.66. The number of likely N-dealkylation sites (N-methyl/N-ethyl adjacent to an activating group) is 1. The van der Waals surface area contributed by atoms with Crippen LogP contribution in [0.15, 0.2) is 18.2 Å². The van der Waals surface area contributed by atoms with Crippen LogP contribution >= 0.6 is 23.2 Å². The topological polar surface area (TPSA) is 50.8 Å². The van der Waals surface area contributed by atoms with Crippen molar-refractivity contribution in [2.24, 2.45) is 5.92 Å². The van der Waals surface area contributed by atoms with E-state index in [0.29, 0.717) is 15.8 Å². The van der Waals surface area contributed by atoms with Crippen LogP contribution in [0.2, 0.25) is 10.0 Å². The molecule has 160 valence electrons. The van der Waals surface area contributed by atoms with Crippen LogP contribution in [0.5, 0.6) is 5.75 Å². The van der Waals surface area contributed by atoms with Gasteiger partial charge < -0.3 is 14.8 Å². The van der Waals surface area contributed by atoms with Crippen LogP contribution in [0.25, 0.3) is 0 Å². The summed E-state index contributed by atoms with van der Waals surface area (Å²) in [5, 5.41) is 3.71. The van der Waals surface area contributed by atoms with E-state index in [-0.39, 0.29) is 23.5 Å². The third kappa shape index (κ3) is 4.53. The summed E-state index contributed by atoms with van der Waals surface area (Å²) in [6.07, 6.45) is 7.02. The van der Waals surface area contributed by atoms with E-state index in [1.807, 2.05) is 0 Å². The highest BCUT2D eigenvalue weighted by Gasteiger charge is 2.49. The standard InChI is InChI=1S/C22H30Cl2N2O3/c1-25-21(27)20(29-15-5-6-17(23)18(24)13-15)16-7-9-22(8-4-12-28-22)14-19(16)26-10-2-3-11-26/h5-6,13,16,19-20H,2-4,7-12,14H2,1H3,(H,25,27). The number of halogens is 2. The van der Waals surface area contributed by atoms with Crippen LogP contribution in [-0.2, 0) is 9.53 Å². The molecule has 3 fully saturated rings. The second-order valence-electron chi connectivity index (χ2n) is 8.58. The average molecular weight is 441 g/mol. The Morgan fingerprint density at radius 3 is 2.69 bits per heavy atom. The lowest BCUT2D eigenvalue weighted by atomic mass is 9.71. The van der Waals surface area contributed by atoms with Gasteiger partial charge in [-0.2, -0.15) is 0 Å². The molecule has 1 saturated carbocycles. The molecule has 4 atom stereocenters. The number of carbonyl (C=O) groups is 1. The number of ether oxygens (including phenoxy) is 2.